The van der Waals surface area contributed by atoms with E-state index in [2.05, 4.69) is 14.9 Å². The summed E-state index contributed by atoms with van der Waals surface area (Å²) in [4.78, 5) is 13.0. The second kappa shape index (κ2) is 7.17. The minimum atomic E-state index is -0.337. The Morgan fingerprint density at radius 3 is 2.54 bits per heavy atom. The van der Waals surface area contributed by atoms with Gasteiger partial charge in [-0.2, -0.15) is 0 Å². The van der Waals surface area contributed by atoms with Gasteiger partial charge in [-0.05, 0) is 41.9 Å². The van der Waals surface area contributed by atoms with Crippen molar-refractivity contribution in [3.63, 3.8) is 0 Å². The van der Waals surface area contributed by atoms with Gasteiger partial charge in [0.05, 0.1) is 12.8 Å². The standard InChI is InChI=1S/C16H11Cl2N3O2S/c1-23-13-7-6-11(18)8-12(13)19-16(22)15-14(20-21-24-15)9-2-4-10(17)5-3-9/h2-8H,1H3,(H,19,22). The molecule has 0 aliphatic carbocycles. The molecule has 3 rings (SSSR count). The van der Waals surface area contributed by atoms with Crippen molar-refractivity contribution in [1.82, 2.24) is 9.59 Å². The van der Waals surface area contributed by atoms with E-state index in [1.54, 1.807) is 42.5 Å². The van der Waals surface area contributed by atoms with E-state index < -0.39 is 0 Å². The molecule has 1 heterocycles. The first-order chi connectivity index (χ1) is 11.6. The minimum absolute atomic E-state index is 0.337. The van der Waals surface area contributed by atoms with E-state index in [9.17, 15) is 4.79 Å². The van der Waals surface area contributed by atoms with Crippen LogP contribution >= 0.6 is 34.7 Å². The molecule has 0 fully saturated rings. The Bertz CT molecular complexity index is 881. The topological polar surface area (TPSA) is 64.1 Å². The maximum Gasteiger partial charge on any atom is 0.269 e. The highest BCUT2D eigenvalue weighted by molar-refractivity contribution is 7.08. The summed E-state index contributed by atoms with van der Waals surface area (Å²) in [7, 11) is 1.52. The summed E-state index contributed by atoms with van der Waals surface area (Å²) in [5.74, 6) is 0.175. The van der Waals surface area contributed by atoms with Crippen LogP contribution in [0, 0.1) is 0 Å². The largest absolute Gasteiger partial charge is 0.495 e. The molecular formula is C16H11Cl2N3O2S. The molecule has 3 aromatic rings. The molecule has 0 aliphatic rings. The third kappa shape index (κ3) is 3.51. The Labute approximate surface area is 152 Å². The van der Waals surface area contributed by atoms with Gasteiger partial charge in [0.15, 0.2) is 0 Å². The Morgan fingerprint density at radius 1 is 1.12 bits per heavy atom. The Balaban J connectivity index is 1.91. The van der Waals surface area contributed by atoms with Crippen molar-refractivity contribution in [3.05, 3.63) is 57.4 Å². The number of halogens is 2. The first kappa shape index (κ1) is 16.7. The number of amides is 1. The molecule has 2 aromatic carbocycles. The molecule has 1 amide bonds. The van der Waals surface area contributed by atoms with Gasteiger partial charge in [-0.1, -0.05) is 39.8 Å². The summed E-state index contributed by atoms with van der Waals surface area (Å²) in [6, 6.07) is 12.0. The summed E-state index contributed by atoms with van der Waals surface area (Å²) in [5, 5.41) is 7.93. The van der Waals surface area contributed by atoms with Gasteiger partial charge in [-0.3, -0.25) is 4.79 Å². The molecule has 122 valence electrons. The fourth-order valence-corrected chi connectivity index (χ4v) is 2.97. The van der Waals surface area contributed by atoms with E-state index in [0.717, 1.165) is 17.1 Å². The van der Waals surface area contributed by atoms with Crippen LogP contribution < -0.4 is 10.1 Å². The van der Waals surface area contributed by atoms with Crippen LogP contribution in [0.25, 0.3) is 11.3 Å². The highest BCUT2D eigenvalue weighted by Gasteiger charge is 2.19. The second-order valence-electron chi connectivity index (χ2n) is 4.76. The Morgan fingerprint density at radius 2 is 1.83 bits per heavy atom. The summed E-state index contributed by atoms with van der Waals surface area (Å²) in [6.07, 6.45) is 0. The Kier molecular flexibility index (Phi) is 4.99. The van der Waals surface area contributed by atoms with Gasteiger partial charge in [-0.25, -0.2) is 0 Å². The van der Waals surface area contributed by atoms with Gasteiger partial charge in [0.25, 0.3) is 5.91 Å². The minimum Gasteiger partial charge on any atom is -0.495 e. The lowest BCUT2D eigenvalue weighted by Crippen LogP contribution is -2.12. The number of carbonyl (C=O) groups excluding carboxylic acids is 1. The van der Waals surface area contributed by atoms with E-state index in [4.69, 9.17) is 27.9 Å². The lowest BCUT2D eigenvalue weighted by Gasteiger charge is -2.10. The van der Waals surface area contributed by atoms with Crippen molar-refractivity contribution in [3.8, 4) is 17.0 Å². The van der Waals surface area contributed by atoms with Crippen LogP contribution in [-0.4, -0.2) is 22.6 Å². The van der Waals surface area contributed by atoms with Gasteiger partial charge in [0, 0.05) is 15.6 Å². The maximum absolute atomic E-state index is 12.6. The van der Waals surface area contributed by atoms with Crippen molar-refractivity contribution >= 4 is 46.3 Å². The van der Waals surface area contributed by atoms with Crippen molar-refractivity contribution in [1.29, 1.82) is 0 Å². The number of nitrogens with zero attached hydrogens (tertiary/aromatic N) is 2. The number of nitrogens with one attached hydrogen (secondary N) is 1. The third-order valence-corrected chi connectivity index (χ3v) is 4.43. The smallest absolute Gasteiger partial charge is 0.269 e. The van der Waals surface area contributed by atoms with Crippen LogP contribution in [0.15, 0.2) is 42.5 Å². The molecule has 5 nitrogen and oxygen atoms in total. The van der Waals surface area contributed by atoms with Gasteiger partial charge in [0.1, 0.15) is 16.3 Å². The normalized spacial score (nSPS) is 10.5. The number of hydrogen-bond acceptors (Lipinski definition) is 5. The summed E-state index contributed by atoms with van der Waals surface area (Å²) < 4.78 is 9.12. The average Bonchev–Trinajstić information content (AvgIpc) is 3.05. The van der Waals surface area contributed by atoms with E-state index >= 15 is 0 Å². The highest BCUT2D eigenvalue weighted by atomic mass is 35.5. The molecular weight excluding hydrogens is 369 g/mol. The number of carbonyl (C=O) groups is 1. The molecule has 0 unspecified atom stereocenters. The van der Waals surface area contributed by atoms with Gasteiger partial charge >= 0.3 is 0 Å². The van der Waals surface area contributed by atoms with Crippen LogP contribution in [0.5, 0.6) is 5.75 Å². The lowest BCUT2D eigenvalue weighted by molar-refractivity contribution is 0.103. The van der Waals surface area contributed by atoms with Crippen LogP contribution in [-0.2, 0) is 0 Å². The van der Waals surface area contributed by atoms with Crippen molar-refractivity contribution < 1.29 is 9.53 Å². The molecule has 0 saturated heterocycles. The van der Waals surface area contributed by atoms with Gasteiger partial charge in [-0.15, -0.1) is 5.10 Å². The predicted octanol–water partition coefficient (Wildman–Crippen LogP) is 4.77. The van der Waals surface area contributed by atoms with E-state index in [0.29, 0.717) is 32.1 Å². The van der Waals surface area contributed by atoms with Crippen LogP contribution in [0.2, 0.25) is 10.0 Å². The molecule has 1 N–H and O–H groups in total. The average molecular weight is 380 g/mol. The zero-order valence-corrected chi connectivity index (χ0v) is 14.7. The lowest BCUT2D eigenvalue weighted by atomic mass is 10.1. The number of aromatic nitrogens is 2. The van der Waals surface area contributed by atoms with Crippen LogP contribution in [0.4, 0.5) is 5.69 Å². The van der Waals surface area contributed by atoms with E-state index in [1.165, 1.54) is 7.11 Å². The number of rotatable bonds is 4. The molecule has 0 spiro atoms. The number of ether oxygens (including phenoxy) is 1. The zero-order chi connectivity index (χ0) is 17.1. The molecule has 24 heavy (non-hydrogen) atoms. The molecule has 0 aliphatic heterocycles. The van der Waals surface area contributed by atoms with Crippen LogP contribution in [0.3, 0.4) is 0 Å². The van der Waals surface area contributed by atoms with Gasteiger partial charge in [0.2, 0.25) is 0 Å². The first-order valence-corrected chi connectivity index (χ1v) is 8.34. The fraction of sp³-hybridized carbons (Fsp3) is 0.0625. The molecule has 0 bridgehead atoms. The second-order valence-corrected chi connectivity index (χ2v) is 6.38. The van der Waals surface area contributed by atoms with Crippen molar-refractivity contribution in [2.75, 3.05) is 12.4 Å². The Hall–Kier alpha value is -2.15. The number of anilines is 1. The molecule has 0 radical (unpaired) electrons. The van der Waals surface area contributed by atoms with E-state index in [-0.39, 0.29) is 5.91 Å². The number of methoxy groups -OCH3 is 1. The maximum atomic E-state index is 12.6. The van der Waals surface area contributed by atoms with Crippen LogP contribution in [0.1, 0.15) is 9.67 Å². The van der Waals surface area contributed by atoms with Gasteiger partial charge < -0.3 is 10.1 Å². The first-order valence-electron chi connectivity index (χ1n) is 6.81. The summed E-state index contributed by atoms with van der Waals surface area (Å²) >= 11 is 12.9. The molecule has 1 aromatic heterocycles. The zero-order valence-electron chi connectivity index (χ0n) is 12.4. The number of hydrogen-bond donors (Lipinski definition) is 1. The SMILES string of the molecule is COc1ccc(Cl)cc1NC(=O)c1snnc1-c1ccc(Cl)cc1. The quantitative estimate of drug-likeness (QED) is 0.708. The molecule has 8 heteroatoms. The van der Waals surface area contributed by atoms with Crippen molar-refractivity contribution in [2.45, 2.75) is 0 Å². The number of benzene rings is 2. The summed E-state index contributed by atoms with van der Waals surface area (Å²) in [6.45, 7) is 0. The molecule has 0 saturated carbocycles. The monoisotopic (exact) mass is 379 g/mol. The molecule has 0 atom stereocenters. The van der Waals surface area contributed by atoms with E-state index in [1.807, 2.05) is 0 Å². The predicted molar refractivity (Wildman–Crippen MR) is 96.3 cm³/mol. The highest BCUT2D eigenvalue weighted by Crippen LogP contribution is 2.30. The third-order valence-electron chi connectivity index (χ3n) is 3.22. The fourth-order valence-electron chi connectivity index (χ4n) is 2.09. The summed E-state index contributed by atoms with van der Waals surface area (Å²) in [5.41, 5.74) is 1.73. The van der Waals surface area contributed by atoms with Crippen molar-refractivity contribution in [2.24, 2.45) is 0 Å².